The topological polar surface area (TPSA) is 84.4 Å². The summed E-state index contributed by atoms with van der Waals surface area (Å²) in [6, 6.07) is 5.48. The lowest BCUT2D eigenvalue weighted by molar-refractivity contribution is -0.151. The van der Waals surface area contributed by atoms with Gasteiger partial charge in [-0.1, -0.05) is 19.1 Å². The molecular weight excluding hydrogens is 529 g/mol. The SMILES string of the molecule is Cc1c([C@@H](C)Nc2nnc(C)c3sc(C(=O)C4(C)CCN(C(=O)C5COC5)CC4)cc23)cccc1C(F)(F)F. The maximum atomic E-state index is 13.7. The second kappa shape index (κ2) is 10.2. The number of halogens is 3. The van der Waals surface area contributed by atoms with E-state index in [1.165, 1.54) is 24.3 Å². The van der Waals surface area contributed by atoms with E-state index in [0.29, 0.717) is 66.5 Å². The molecule has 2 aliphatic rings. The Balaban J connectivity index is 1.37. The summed E-state index contributed by atoms with van der Waals surface area (Å²) in [5.41, 5.74) is 0.0766. The Morgan fingerprint density at radius 2 is 1.87 bits per heavy atom. The van der Waals surface area contributed by atoms with Crippen LogP contribution in [-0.2, 0) is 15.7 Å². The molecule has 1 N–H and O–H groups in total. The molecule has 2 saturated heterocycles. The van der Waals surface area contributed by atoms with E-state index in [9.17, 15) is 22.8 Å². The number of ketones is 1. The third-order valence-corrected chi connectivity index (χ3v) is 9.30. The van der Waals surface area contributed by atoms with Gasteiger partial charge in [0, 0.05) is 23.9 Å². The van der Waals surface area contributed by atoms with Gasteiger partial charge in [0.2, 0.25) is 5.91 Å². The molecule has 1 aromatic carbocycles. The first-order chi connectivity index (χ1) is 18.4. The van der Waals surface area contributed by atoms with Crippen LogP contribution in [0.15, 0.2) is 24.3 Å². The van der Waals surface area contributed by atoms with E-state index in [4.69, 9.17) is 4.74 Å². The Labute approximate surface area is 228 Å². The number of carbonyl (C=O) groups excluding carboxylic acids is 2. The number of carbonyl (C=O) groups is 2. The van der Waals surface area contributed by atoms with Crippen molar-refractivity contribution in [2.75, 3.05) is 31.6 Å². The normalized spacial score (nSPS) is 18.6. The Morgan fingerprint density at radius 3 is 2.49 bits per heavy atom. The molecule has 0 unspecified atom stereocenters. The van der Waals surface area contributed by atoms with Crippen molar-refractivity contribution in [1.29, 1.82) is 0 Å². The van der Waals surface area contributed by atoms with Gasteiger partial charge in [-0.05, 0) is 56.9 Å². The van der Waals surface area contributed by atoms with Crippen molar-refractivity contribution >= 4 is 38.9 Å². The third-order valence-electron chi connectivity index (χ3n) is 8.05. The first-order valence-electron chi connectivity index (χ1n) is 13.0. The summed E-state index contributed by atoms with van der Waals surface area (Å²) in [5, 5.41) is 12.5. The molecule has 3 aromatic rings. The number of hydrogen-bond acceptors (Lipinski definition) is 7. The molecule has 2 aromatic heterocycles. The van der Waals surface area contributed by atoms with E-state index >= 15 is 0 Å². The predicted molar refractivity (Wildman–Crippen MR) is 143 cm³/mol. The van der Waals surface area contributed by atoms with Crippen molar-refractivity contribution in [3.8, 4) is 0 Å². The summed E-state index contributed by atoms with van der Waals surface area (Å²) in [5.74, 6) is 0.480. The van der Waals surface area contributed by atoms with Gasteiger partial charge >= 0.3 is 6.18 Å². The molecule has 2 aliphatic heterocycles. The Bertz CT molecular complexity index is 1430. The molecule has 4 heterocycles. The molecule has 7 nitrogen and oxygen atoms in total. The number of hydrogen-bond donors (Lipinski definition) is 1. The van der Waals surface area contributed by atoms with Crippen LogP contribution in [0, 0.1) is 25.2 Å². The van der Waals surface area contributed by atoms with Gasteiger partial charge in [0.1, 0.15) is 0 Å². The van der Waals surface area contributed by atoms with Crippen LogP contribution >= 0.6 is 11.3 Å². The minimum atomic E-state index is -4.44. The highest BCUT2D eigenvalue weighted by Crippen LogP contribution is 2.41. The zero-order valence-electron chi connectivity index (χ0n) is 22.3. The molecule has 2 fully saturated rings. The highest BCUT2D eigenvalue weighted by Gasteiger charge is 2.41. The number of nitrogens with one attached hydrogen (secondary N) is 1. The van der Waals surface area contributed by atoms with Gasteiger partial charge < -0.3 is 15.0 Å². The molecule has 11 heteroatoms. The fraction of sp³-hybridized carbons (Fsp3) is 0.500. The van der Waals surface area contributed by atoms with Crippen molar-refractivity contribution in [3.05, 3.63) is 51.5 Å². The van der Waals surface area contributed by atoms with E-state index in [0.717, 1.165) is 10.8 Å². The molecule has 39 heavy (non-hydrogen) atoms. The third kappa shape index (κ3) is 5.14. The lowest BCUT2D eigenvalue weighted by Gasteiger charge is -2.40. The van der Waals surface area contributed by atoms with E-state index < -0.39 is 23.2 Å². The van der Waals surface area contributed by atoms with E-state index in [1.54, 1.807) is 13.0 Å². The number of fused-ring (bicyclic) bond motifs is 1. The average molecular weight is 561 g/mol. The average Bonchev–Trinajstić information content (AvgIpc) is 3.30. The van der Waals surface area contributed by atoms with Gasteiger partial charge in [-0.2, -0.15) is 18.3 Å². The highest BCUT2D eigenvalue weighted by molar-refractivity contribution is 7.21. The zero-order valence-corrected chi connectivity index (χ0v) is 23.1. The number of alkyl halides is 3. The van der Waals surface area contributed by atoms with Crippen LogP contribution in [0.4, 0.5) is 19.0 Å². The molecule has 208 valence electrons. The number of nitrogens with zero attached hydrogens (tertiary/aromatic N) is 3. The molecule has 0 spiro atoms. The number of benzene rings is 1. The van der Waals surface area contributed by atoms with Crippen LogP contribution in [0.3, 0.4) is 0 Å². The Morgan fingerprint density at radius 1 is 1.18 bits per heavy atom. The molecule has 5 rings (SSSR count). The molecule has 0 radical (unpaired) electrons. The number of thiophene rings is 1. The van der Waals surface area contributed by atoms with Crippen molar-refractivity contribution in [2.24, 2.45) is 11.3 Å². The lowest BCUT2D eigenvalue weighted by Crippen LogP contribution is -2.50. The molecule has 1 atom stereocenters. The summed E-state index contributed by atoms with van der Waals surface area (Å²) >= 11 is 1.36. The number of aryl methyl sites for hydroxylation is 1. The van der Waals surface area contributed by atoms with Gasteiger partial charge in [-0.15, -0.1) is 16.4 Å². The van der Waals surface area contributed by atoms with Gasteiger partial charge in [-0.25, -0.2) is 0 Å². The van der Waals surface area contributed by atoms with E-state index in [-0.39, 0.29) is 23.2 Å². The van der Waals surface area contributed by atoms with Crippen LogP contribution < -0.4 is 5.32 Å². The van der Waals surface area contributed by atoms with Crippen LogP contribution in [0.2, 0.25) is 0 Å². The molecule has 1 amide bonds. The van der Waals surface area contributed by atoms with Crippen molar-refractivity contribution < 1.29 is 27.5 Å². The zero-order chi connectivity index (χ0) is 28.1. The minimum Gasteiger partial charge on any atom is -0.380 e. The molecule has 0 saturated carbocycles. The fourth-order valence-corrected chi connectivity index (χ4v) is 6.56. The van der Waals surface area contributed by atoms with Gasteiger partial charge in [0.05, 0.1) is 46.0 Å². The first kappa shape index (κ1) is 27.5. The second-order valence-corrected chi connectivity index (χ2v) is 11.9. The second-order valence-electron chi connectivity index (χ2n) is 10.8. The smallest absolute Gasteiger partial charge is 0.380 e. The summed E-state index contributed by atoms with van der Waals surface area (Å²) in [4.78, 5) is 28.7. The van der Waals surface area contributed by atoms with Gasteiger partial charge in [0.15, 0.2) is 11.6 Å². The fourth-order valence-electron chi connectivity index (χ4n) is 5.37. The highest BCUT2D eigenvalue weighted by atomic mass is 32.1. The number of aromatic nitrogens is 2. The van der Waals surface area contributed by atoms with Crippen LogP contribution in [0.5, 0.6) is 0 Å². The van der Waals surface area contributed by atoms with Crippen molar-refractivity contribution in [1.82, 2.24) is 15.1 Å². The number of rotatable bonds is 6. The van der Waals surface area contributed by atoms with E-state index in [2.05, 4.69) is 15.5 Å². The van der Waals surface area contributed by atoms with Crippen LogP contribution in [0.25, 0.3) is 10.1 Å². The Kier molecular flexibility index (Phi) is 7.17. The van der Waals surface area contributed by atoms with Gasteiger partial charge in [0.25, 0.3) is 0 Å². The largest absolute Gasteiger partial charge is 0.416 e. The molecule has 0 aliphatic carbocycles. The monoisotopic (exact) mass is 560 g/mol. The van der Waals surface area contributed by atoms with Crippen LogP contribution in [0.1, 0.15) is 64.8 Å². The Hall–Kier alpha value is -3.05. The quantitative estimate of drug-likeness (QED) is 0.375. The predicted octanol–water partition coefficient (Wildman–Crippen LogP) is 5.96. The van der Waals surface area contributed by atoms with Crippen molar-refractivity contribution in [3.63, 3.8) is 0 Å². The molecular formula is C28H31F3N4O3S. The summed E-state index contributed by atoms with van der Waals surface area (Å²) < 4.78 is 46.3. The number of likely N-dealkylation sites (tertiary alicyclic amines) is 1. The summed E-state index contributed by atoms with van der Waals surface area (Å²) in [6.07, 6.45) is -3.29. The van der Waals surface area contributed by atoms with Crippen molar-refractivity contribution in [2.45, 2.75) is 52.8 Å². The van der Waals surface area contributed by atoms with E-state index in [1.807, 2.05) is 24.8 Å². The summed E-state index contributed by atoms with van der Waals surface area (Å²) in [7, 11) is 0. The standard InChI is InChI=1S/C28H31F3N4O3S/c1-15-19(6-5-7-21(15)28(29,30)31)16(2)32-25-20-12-22(39-23(20)17(3)33-34-25)24(36)27(4)8-10-35(11-9-27)26(37)18-13-38-14-18/h5-7,12,16,18H,8-11,13-14H2,1-4H3,(H,32,34)/t16-/m1/s1. The number of amides is 1. The number of anilines is 1. The van der Waals surface area contributed by atoms with Crippen LogP contribution in [-0.4, -0.2) is 53.1 Å². The number of ether oxygens (including phenoxy) is 1. The maximum Gasteiger partial charge on any atom is 0.416 e. The number of piperidine rings is 1. The lowest BCUT2D eigenvalue weighted by atomic mass is 9.76. The maximum absolute atomic E-state index is 13.7. The minimum absolute atomic E-state index is 0.0231. The van der Waals surface area contributed by atoms with Gasteiger partial charge in [-0.3, -0.25) is 9.59 Å². The first-order valence-corrected chi connectivity index (χ1v) is 13.8. The number of Topliss-reactive ketones (excluding diaryl/α,β-unsaturated/α-hetero) is 1. The molecule has 0 bridgehead atoms. The summed E-state index contributed by atoms with van der Waals surface area (Å²) in [6.45, 7) is 9.02.